The van der Waals surface area contributed by atoms with Crippen LogP contribution in [0.3, 0.4) is 0 Å². The fourth-order valence-electron chi connectivity index (χ4n) is 2.07. The Hall–Kier alpha value is -0.210. The zero-order chi connectivity index (χ0) is 10.7. The standard InChI is InChI=1S/C12H15BrClN/c13-9-6-7-12(11(14)8-9)15-10-4-2-1-3-5-10/h6-8,10,15H,1-5H2. The first-order valence-electron chi connectivity index (χ1n) is 5.47. The maximum Gasteiger partial charge on any atom is 0.0648 e. The molecule has 0 amide bonds. The molecule has 3 heteroatoms. The highest BCUT2D eigenvalue weighted by molar-refractivity contribution is 9.10. The van der Waals surface area contributed by atoms with E-state index in [4.69, 9.17) is 11.6 Å². The molecule has 0 aromatic heterocycles. The summed E-state index contributed by atoms with van der Waals surface area (Å²) in [6.45, 7) is 0. The van der Waals surface area contributed by atoms with Crippen LogP contribution in [0.15, 0.2) is 22.7 Å². The second-order valence-electron chi connectivity index (χ2n) is 4.10. The van der Waals surface area contributed by atoms with Gasteiger partial charge in [-0.15, -0.1) is 0 Å². The first-order chi connectivity index (χ1) is 7.25. The Bertz CT molecular complexity index is 334. The molecule has 82 valence electrons. The minimum Gasteiger partial charge on any atom is -0.381 e. The van der Waals surface area contributed by atoms with Crippen molar-refractivity contribution in [3.8, 4) is 0 Å². The fourth-order valence-corrected chi connectivity index (χ4v) is 2.80. The van der Waals surface area contributed by atoms with E-state index in [-0.39, 0.29) is 0 Å². The van der Waals surface area contributed by atoms with Crippen molar-refractivity contribution in [3.63, 3.8) is 0 Å². The molecule has 0 unspecified atom stereocenters. The summed E-state index contributed by atoms with van der Waals surface area (Å²) in [5.74, 6) is 0. The van der Waals surface area contributed by atoms with E-state index in [2.05, 4.69) is 21.2 Å². The Morgan fingerprint density at radius 1 is 1.20 bits per heavy atom. The van der Waals surface area contributed by atoms with E-state index in [1.54, 1.807) is 0 Å². The smallest absolute Gasteiger partial charge is 0.0648 e. The van der Waals surface area contributed by atoms with E-state index < -0.39 is 0 Å². The van der Waals surface area contributed by atoms with E-state index in [9.17, 15) is 0 Å². The molecule has 0 bridgehead atoms. The van der Waals surface area contributed by atoms with E-state index >= 15 is 0 Å². The lowest BCUT2D eigenvalue weighted by Crippen LogP contribution is -2.22. The van der Waals surface area contributed by atoms with Crippen LogP contribution in [-0.2, 0) is 0 Å². The minimum atomic E-state index is 0.609. The number of nitrogens with one attached hydrogen (secondary N) is 1. The third-order valence-electron chi connectivity index (χ3n) is 2.90. The van der Waals surface area contributed by atoms with Gasteiger partial charge in [0.15, 0.2) is 0 Å². The lowest BCUT2D eigenvalue weighted by Gasteiger charge is -2.24. The number of benzene rings is 1. The van der Waals surface area contributed by atoms with Gasteiger partial charge in [-0.25, -0.2) is 0 Å². The molecule has 1 saturated carbocycles. The maximum atomic E-state index is 6.16. The first-order valence-corrected chi connectivity index (χ1v) is 6.64. The van der Waals surface area contributed by atoms with Gasteiger partial charge in [0.25, 0.3) is 0 Å². The van der Waals surface area contributed by atoms with Crippen molar-refractivity contribution in [1.29, 1.82) is 0 Å². The van der Waals surface area contributed by atoms with Crippen molar-refractivity contribution < 1.29 is 0 Å². The van der Waals surface area contributed by atoms with Crippen LogP contribution < -0.4 is 5.32 Å². The second-order valence-corrected chi connectivity index (χ2v) is 5.43. The lowest BCUT2D eigenvalue weighted by molar-refractivity contribution is 0.463. The van der Waals surface area contributed by atoms with Gasteiger partial charge < -0.3 is 5.32 Å². The average Bonchev–Trinajstić information content (AvgIpc) is 2.24. The predicted molar refractivity (Wildman–Crippen MR) is 69.6 cm³/mol. The third-order valence-corrected chi connectivity index (χ3v) is 3.70. The Morgan fingerprint density at radius 2 is 1.93 bits per heavy atom. The molecule has 1 aromatic carbocycles. The van der Waals surface area contributed by atoms with Crippen molar-refractivity contribution in [3.05, 3.63) is 27.7 Å². The average molecular weight is 289 g/mol. The zero-order valence-corrected chi connectivity index (χ0v) is 10.9. The van der Waals surface area contributed by atoms with E-state index in [1.807, 2.05) is 18.2 Å². The van der Waals surface area contributed by atoms with Gasteiger partial charge in [0.1, 0.15) is 0 Å². The Morgan fingerprint density at radius 3 is 2.60 bits per heavy atom. The molecule has 0 aliphatic heterocycles. The monoisotopic (exact) mass is 287 g/mol. The van der Waals surface area contributed by atoms with Crippen molar-refractivity contribution in [2.75, 3.05) is 5.32 Å². The van der Waals surface area contributed by atoms with Crippen LogP contribution in [-0.4, -0.2) is 6.04 Å². The number of halogens is 2. The molecule has 0 saturated heterocycles. The second kappa shape index (κ2) is 5.22. The topological polar surface area (TPSA) is 12.0 Å². The van der Waals surface area contributed by atoms with Gasteiger partial charge >= 0.3 is 0 Å². The van der Waals surface area contributed by atoms with Crippen LogP contribution in [0, 0.1) is 0 Å². The van der Waals surface area contributed by atoms with Crippen molar-refractivity contribution in [1.82, 2.24) is 0 Å². The summed E-state index contributed by atoms with van der Waals surface area (Å²) in [6, 6.07) is 6.61. The van der Waals surface area contributed by atoms with E-state index in [1.165, 1.54) is 32.1 Å². The van der Waals surface area contributed by atoms with Crippen LogP contribution >= 0.6 is 27.5 Å². The summed E-state index contributed by atoms with van der Waals surface area (Å²) < 4.78 is 1.03. The number of rotatable bonds is 2. The normalized spacial score (nSPS) is 17.7. The minimum absolute atomic E-state index is 0.609. The molecule has 1 fully saturated rings. The summed E-state index contributed by atoms with van der Waals surface area (Å²) in [5.41, 5.74) is 1.06. The highest BCUT2D eigenvalue weighted by Crippen LogP contribution is 2.28. The molecule has 1 aliphatic carbocycles. The molecule has 1 nitrogen and oxygen atoms in total. The lowest BCUT2D eigenvalue weighted by atomic mass is 9.95. The Labute approximate surface area is 104 Å². The molecule has 1 aromatic rings. The number of anilines is 1. The van der Waals surface area contributed by atoms with Gasteiger partial charge in [-0.1, -0.05) is 46.8 Å². The molecule has 2 rings (SSSR count). The summed E-state index contributed by atoms with van der Waals surface area (Å²) in [5, 5.41) is 4.32. The molecule has 0 atom stereocenters. The SMILES string of the molecule is Clc1cc(Br)ccc1NC1CCCCC1. The van der Waals surface area contributed by atoms with Crippen LogP contribution in [0.2, 0.25) is 5.02 Å². The van der Waals surface area contributed by atoms with Crippen molar-refractivity contribution in [2.24, 2.45) is 0 Å². The maximum absolute atomic E-state index is 6.16. The van der Waals surface area contributed by atoms with Crippen LogP contribution in [0.4, 0.5) is 5.69 Å². The van der Waals surface area contributed by atoms with Gasteiger partial charge in [-0.3, -0.25) is 0 Å². The number of hydrogen-bond acceptors (Lipinski definition) is 1. The van der Waals surface area contributed by atoms with Gasteiger partial charge in [-0.2, -0.15) is 0 Å². The largest absolute Gasteiger partial charge is 0.381 e. The molecule has 0 spiro atoms. The first kappa shape index (κ1) is 11.3. The van der Waals surface area contributed by atoms with Crippen LogP contribution in [0.25, 0.3) is 0 Å². The van der Waals surface area contributed by atoms with Crippen molar-refractivity contribution >= 4 is 33.2 Å². The molecular formula is C12H15BrClN. The molecule has 15 heavy (non-hydrogen) atoms. The molecule has 0 radical (unpaired) electrons. The van der Waals surface area contributed by atoms with E-state index in [0.29, 0.717) is 6.04 Å². The third kappa shape index (κ3) is 3.12. The Kier molecular flexibility index (Phi) is 3.92. The summed E-state index contributed by atoms with van der Waals surface area (Å²) in [4.78, 5) is 0. The van der Waals surface area contributed by atoms with Gasteiger partial charge in [0.2, 0.25) is 0 Å². The highest BCUT2D eigenvalue weighted by Gasteiger charge is 2.13. The highest BCUT2D eigenvalue weighted by atomic mass is 79.9. The van der Waals surface area contributed by atoms with Crippen LogP contribution in [0.5, 0.6) is 0 Å². The summed E-state index contributed by atoms with van der Waals surface area (Å²) in [7, 11) is 0. The predicted octanol–water partition coefficient (Wildman–Crippen LogP) is 4.85. The summed E-state index contributed by atoms with van der Waals surface area (Å²) in [6.07, 6.45) is 6.60. The fraction of sp³-hybridized carbons (Fsp3) is 0.500. The molecule has 1 aliphatic rings. The number of hydrogen-bond donors (Lipinski definition) is 1. The van der Waals surface area contributed by atoms with Gasteiger partial charge in [0, 0.05) is 10.5 Å². The van der Waals surface area contributed by atoms with Gasteiger partial charge in [0.05, 0.1) is 10.7 Å². The zero-order valence-electron chi connectivity index (χ0n) is 8.60. The molecular weight excluding hydrogens is 273 g/mol. The van der Waals surface area contributed by atoms with Crippen molar-refractivity contribution in [2.45, 2.75) is 38.1 Å². The molecule has 1 N–H and O–H groups in total. The van der Waals surface area contributed by atoms with E-state index in [0.717, 1.165) is 15.2 Å². The summed E-state index contributed by atoms with van der Waals surface area (Å²) >= 11 is 9.57. The van der Waals surface area contributed by atoms with Gasteiger partial charge in [-0.05, 0) is 31.0 Å². The quantitative estimate of drug-likeness (QED) is 0.820. The molecule has 0 heterocycles. The van der Waals surface area contributed by atoms with Crippen LogP contribution in [0.1, 0.15) is 32.1 Å². The Balaban J connectivity index is 2.03.